The summed E-state index contributed by atoms with van der Waals surface area (Å²) in [5.74, 6) is 1.52. The molecule has 0 aromatic carbocycles. The summed E-state index contributed by atoms with van der Waals surface area (Å²) < 4.78 is 0. The lowest BCUT2D eigenvalue weighted by Crippen LogP contribution is -2.20. The van der Waals surface area contributed by atoms with Crippen molar-refractivity contribution in [3.8, 4) is 0 Å². The molecule has 0 saturated carbocycles. The largest absolute Gasteiger partial charge is 0.383 e. The van der Waals surface area contributed by atoms with Gasteiger partial charge < -0.3 is 11.1 Å². The van der Waals surface area contributed by atoms with E-state index in [2.05, 4.69) is 36.1 Å². The fraction of sp³-hybridized carbons (Fsp3) is 0.667. The molecule has 2 rings (SSSR count). The van der Waals surface area contributed by atoms with Crippen molar-refractivity contribution in [2.75, 3.05) is 18.8 Å². The fourth-order valence-electron chi connectivity index (χ4n) is 1.91. The second-order valence-electron chi connectivity index (χ2n) is 5.36. The van der Waals surface area contributed by atoms with Crippen LogP contribution in [0.1, 0.15) is 37.9 Å². The van der Waals surface area contributed by atoms with Gasteiger partial charge in [0.1, 0.15) is 11.6 Å². The van der Waals surface area contributed by atoms with Crippen molar-refractivity contribution in [2.24, 2.45) is 0 Å². The van der Waals surface area contributed by atoms with Gasteiger partial charge in [-0.25, -0.2) is 9.97 Å². The number of nitrogens with one attached hydrogen (secondary N) is 1. The molecular formula is C12H20N4. The van der Waals surface area contributed by atoms with E-state index >= 15 is 0 Å². The average Bonchev–Trinajstić information content (AvgIpc) is 2.41. The Balaban J connectivity index is 2.48. The van der Waals surface area contributed by atoms with Crippen LogP contribution in [0.4, 0.5) is 5.82 Å². The summed E-state index contributed by atoms with van der Waals surface area (Å²) in [7, 11) is 0. The monoisotopic (exact) mass is 220 g/mol. The van der Waals surface area contributed by atoms with Gasteiger partial charge in [-0.05, 0) is 13.0 Å². The first-order chi connectivity index (χ1) is 7.48. The van der Waals surface area contributed by atoms with Crippen molar-refractivity contribution < 1.29 is 0 Å². The Bertz CT molecular complexity index is 393. The van der Waals surface area contributed by atoms with E-state index in [1.807, 2.05) is 0 Å². The lowest BCUT2D eigenvalue weighted by Gasteiger charge is -2.19. The minimum Gasteiger partial charge on any atom is -0.383 e. The van der Waals surface area contributed by atoms with E-state index in [0.717, 1.165) is 43.0 Å². The van der Waals surface area contributed by atoms with E-state index < -0.39 is 0 Å². The molecule has 1 aromatic rings. The van der Waals surface area contributed by atoms with Crippen LogP contribution in [0.2, 0.25) is 0 Å². The summed E-state index contributed by atoms with van der Waals surface area (Å²) in [6, 6.07) is 0. The molecule has 1 aliphatic heterocycles. The molecule has 0 fully saturated rings. The second kappa shape index (κ2) is 4.01. The van der Waals surface area contributed by atoms with Crippen LogP contribution in [0.3, 0.4) is 0 Å². The lowest BCUT2D eigenvalue weighted by molar-refractivity contribution is 0.541. The molecule has 3 N–H and O–H groups in total. The summed E-state index contributed by atoms with van der Waals surface area (Å²) in [5, 5.41) is 3.36. The molecule has 1 aromatic heterocycles. The topological polar surface area (TPSA) is 63.8 Å². The maximum Gasteiger partial charge on any atom is 0.136 e. The third-order valence-electron chi connectivity index (χ3n) is 2.89. The molecule has 0 bridgehead atoms. The SMILES string of the molecule is CC(C)(C)c1nc(N)c2c(n1)CCNCC2. The minimum atomic E-state index is -0.0388. The number of fused-ring (bicyclic) bond motifs is 1. The Morgan fingerprint density at radius 1 is 1.12 bits per heavy atom. The number of nitrogens with two attached hydrogens (primary N) is 1. The normalized spacial score (nSPS) is 16.7. The van der Waals surface area contributed by atoms with E-state index in [0.29, 0.717) is 5.82 Å². The Hall–Kier alpha value is -1.16. The van der Waals surface area contributed by atoms with Crippen molar-refractivity contribution in [1.29, 1.82) is 0 Å². The maximum atomic E-state index is 6.03. The van der Waals surface area contributed by atoms with Gasteiger partial charge in [-0.3, -0.25) is 0 Å². The number of hydrogen-bond acceptors (Lipinski definition) is 4. The minimum absolute atomic E-state index is 0.0388. The molecule has 16 heavy (non-hydrogen) atoms. The summed E-state index contributed by atoms with van der Waals surface area (Å²) in [4.78, 5) is 9.11. The van der Waals surface area contributed by atoms with Crippen LogP contribution >= 0.6 is 0 Å². The number of hydrogen-bond donors (Lipinski definition) is 2. The molecule has 2 heterocycles. The first-order valence-electron chi connectivity index (χ1n) is 5.85. The third-order valence-corrected chi connectivity index (χ3v) is 2.89. The molecule has 0 spiro atoms. The molecule has 0 saturated heterocycles. The van der Waals surface area contributed by atoms with Gasteiger partial charge in [0.2, 0.25) is 0 Å². The number of aromatic nitrogens is 2. The molecule has 4 heteroatoms. The summed E-state index contributed by atoms with van der Waals surface area (Å²) in [5.41, 5.74) is 8.25. The predicted octanol–water partition coefficient (Wildman–Crippen LogP) is 1.04. The number of nitrogen functional groups attached to an aromatic ring is 1. The number of nitrogens with zero attached hydrogens (tertiary/aromatic N) is 2. The first kappa shape index (κ1) is 11.3. The Morgan fingerprint density at radius 3 is 2.50 bits per heavy atom. The second-order valence-corrected chi connectivity index (χ2v) is 5.36. The standard InChI is InChI=1S/C12H20N4/c1-12(2,3)11-15-9-5-7-14-6-4-8(9)10(13)16-11/h14H,4-7H2,1-3H3,(H2,13,15,16). The van der Waals surface area contributed by atoms with Crippen LogP contribution in [-0.2, 0) is 18.3 Å². The van der Waals surface area contributed by atoms with Gasteiger partial charge in [0.05, 0.1) is 5.69 Å². The quantitative estimate of drug-likeness (QED) is 0.686. The van der Waals surface area contributed by atoms with Gasteiger partial charge >= 0.3 is 0 Å². The van der Waals surface area contributed by atoms with Crippen molar-refractivity contribution in [3.05, 3.63) is 17.1 Å². The lowest BCUT2D eigenvalue weighted by atomic mass is 9.95. The molecule has 0 aliphatic carbocycles. The molecular weight excluding hydrogens is 200 g/mol. The molecule has 0 radical (unpaired) electrons. The van der Waals surface area contributed by atoms with Crippen molar-refractivity contribution in [2.45, 2.75) is 39.0 Å². The number of anilines is 1. The maximum absolute atomic E-state index is 6.03. The molecule has 0 atom stereocenters. The highest BCUT2D eigenvalue weighted by Crippen LogP contribution is 2.23. The van der Waals surface area contributed by atoms with E-state index in [9.17, 15) is 0 Å². The Labute approximate surface area is 96.7 Å². The first-order valence-corrected chi connectivity index (χ1v) is 5.85. The number of rotatable bonds is 0. The van der Waals surface area contributed by atoms with Crippen LogP contribution < -0.4 is 11.1 Å². The summed E-state index contributed by atoms with van der Waals surface area (Å²) in [6.07, 6.45) is 1.89. The van der Waals surface area contributed by atoms with Gasteiger partial charge in [-0.15, -0.1) is 0 Å². The van der Waals surface area contributed by atoms with E-state index in [-0.39, 0.29) is 5.41 Å². The zero-order chi connectivity index (χ0) is 11.8. The van der Waals surface area contributed by atoms with Crippen molar-refractivity contribution in [1.82, 2.24) is 15.3 Å². The van der Waals surface area contributed by atoms with Crippen LogP contribution in [0.5, 0.6) is 0 Å². The van der Waals surface area contributed by atoms with E-state index in [4.69, 9.17) is 5.73 Å². The highest BCUT2D eigenvalue weighted by Gasteiger charge is 2.21. The van der Waals surface area contributed by atoms with Crippen LogP contribution in [0.25, 0.3) is 0 Å². The zero-order valence-electron chi connectivity index (χ0n) is 10.3. The molecule has 88 valence electrons. The highest BCUT2D eigenvalue weighted by atomic mass is 15.0. The van der Waals surface area contributed by atoms with E-state index in [1.165, 1.54) is 0 Å². The summed E-state index contributed by atoms with van der Waals surface area (Å²) in [6.45, 7) is 8.29. The smallest absolute Gasteiger partial charge is 0.136 e. The Kier molecular flexibility index (Phi) is 2.84. The van der Waals surface area contributed by atoms with Crippen molar-refractivity contribution >= 4 is 5.82 Å². The molecule has 4 nitrogen and oxygen atoms in total. The van der Waals surface area contributed by atoms with Crippen molar-refractivity contribution in [3.63, 3.8) is 0 Å². The molecule has 1 aliphatic rings. The highest BCUT2D eigenvalue weighted by molar-refractivity contribution is 5.44. The van der Waals surface area contributed by atoms with Gasteiger partial charge in [-0.1, -0.05) is 20.8 Å². The van der Waals surface area contributed by atoms with Crippen LogP contribution in [0, 0.1) is 0 Å². The van der Waals surface area contributed by atoms with Gasteiger partial charge in [0.15, 0.2) is 0 Å². The van der Waals surface area contributed by atoms with E-state index in [1.54, 1.807) is 0 Å². The fourth-order valence-corrected chi connectivity index (χ4v) is 1.91. The van der Waals surface area contributed by atoms with Gasteiger partial charge in [0, 0.05) is 23.9 Å². The Morgan fingerprint density at radius 2 is 1.81 bits per heavy atom. The molecule has 0 amide bonds. The predicted molar refractivity (Wildman–Crippen MR) is 65.4 cm³/mol. The average molecular weight is 220 g/mol. The van der Waals surface area contributed by atoms with Crippen LogP contribution in [-0.4, -0.2) is 23.1 Å². The third kappa shape index (κ3) is 2.16. The van der Waals surface area contributed by atoms with Gasteiger partial charge in [0.25, 0.3) is 0 Å². The van der Waals surface area contributed by atoms with Crippen LogP contribution in [0.15, 0.2) is 0 Å². The molecule has 0 unspecified atom stereocenters. The summed E-state index contributed by atoms with van der Waals surface area (Å²) >= 11 is 0. The van der Waals surface area contributed by atoms with Gasteiger partial charge in [-0.2, -0.15) is 0 Å². The zero-order valence-corrected chi connectivity index (χ0v) is 10.3.